The summed E-state index contributed by atoms with van der Waals surface area (Å²) in [7, 11) is 0. The monoisotopic (exact) mass is 275 g/mol. The van der Waals surface area contributed by atoms with Gasteiger partial charge in [-0.05, 0) is 25.0 Å². The second-order valence-corrected chi connectivity index (χ2v) is 4.57. The highest BCUT2D eigenvalue weighted by molar-refractivity contribution is 5.34. The summed E-state index contributed by atoms with van der Waals surface area (Å²) in [6.45, 7) is 4.19. The first-order valence-corrected chi connectivity index (χ1v) is 6.64. The van der Waals surface area contributed by atoms with E-state index in [4.69, 9.17) is 0 Å². The van der Waals surface area contributed by atoms with E-state index in [-0.39, 0.29) is 6.04 Å². The van der Waals surface area contributed by atoms with E-state index < -0.39 is 11.9 Å². The lowest BCUT2D eigenvalue weighted by atomic mass is 10.1. The number of anilines is 1. The van der Waals surface area contributed by atoms with Gasteiger partial charge in [-0.1, -0.05) is 33.1 Å². The molecular formula is C13H20F3N3. The van der Waals surface area contributed by atoms with Crippen LogP contribution in [0.2, 0.25) is 0 Å². The second kappa shape index (κ2) is 7.31. The fraction of sp³-hybridized carbons (Fsp3) is 0.692. The molecule has 0 amide bonds. The van der Waals surface area contributed by atoms with E-state index in [0.29, 0.717) is 5.82 Å². The van der Waals surface area contributed by atoms with Gasteiger partial charge in [0.2, 0.25) is 0 Å². The lowest BCUT2D eigenvalue weighted by molar-refractivity contribution is -0.141. The fourth-order valence-corrected chi connectivity index (χ4v) is 1.86. The largest absolute Gasteiger partial charge is 0.435 e. The van der Waals surface area contributed by atoms with Crippen LogP contribution in [0.15, 0.2) is 12.1 Å². The molecule has 0 saturated carbocycles. The number of unbranched alkanes of at least 4 members (excludes halogenated alkanes) is 1. The van der Waals surface area contributed by atoms with Crippen molar-refractivity contribution in [1.29, 1.82) is 0 Å². The van der Waals surface area contributed by atoms with Crippen LogP contribution in [0, 0.1) is 0 Å². The molecular weight excluding hydrogens is 255 g/mol. The Hall–Kier alpha value is -1.33. The van der Waals surface area contributed by atoms with Gasteiger partial charge in [0, 0.05) is 6.04 Å². The van der Waals surface area contributed by atoms with E-state index in [9.17, 15) is 13.2 Å². The maximum atomic E-state index is 12.3. The van der Waals surface area contributed by atoms with Crippen molar-refractivity contribution in [2.24, 2.45) is 0 Å². The van der Waals surface area contributed by atoms with Crippen LogP contribution in [0.3, 0.4) is 0 Å². The minimum Gasteiger partial charge on any atom is -0.366 e. The third-order valence-corrected chi connectivity index (χ3v) is 2.85. The van der Waals surface area contributed by atoms with Gasteiger partial charge in [0.15, 0.2) is 5.69 Å². The van der Waals surface area contributed by atoms with Crippen molar-refractivity contribution in [3.63, 3.8) is 0 Å². The van der Waals surface area contributed by atoms with Crippen LogP contribution in [0.1, 0.15) is 51.6 Å². The average molecular weight is 275 g/mol. The molecule has 1 N–H and O–H groups in total. The first-order chi connectivity index (χ1) is 8.97. The Balaban J connectivity index is 2.64. The Labute approximate surface area is 111 Å². The summed E-state index contributed by atoms with van der Waals surface area (Å²) in [6, 6.07) is 2.54. The lowest BCUT2D eigenvalue weighted by Crippen LogP contribution is -2.20. The Morgan fingerprint density at radius 2 is 1.84 bits per heavy atom. The van der Waals surface area contributed by atoms with Gasteiger partial charge in [-0.25, -0.2) is 0 Å². The number of rotatable bonds is 7. The molecule has 0 radical (unpaired) electrons. The van der Waals surface area contributed by atoms with Crippen LogP contribution in [0.5, 0.6) is 0 Å². The van der Waals surface area contributed by atoms with Crippen LogP contribution < -0.4 is 5.32 Å². The Morgan fingerprint density at radius 3 is 2.32 bits per heavy atom. The molecule has 0 bridgehead atoms. The summed E-state index contributed by atoms with van der Waals surface area (Å²) in [6.07, 6.45) is 0.744. The van der Waals surface area contributed by atoms with Gasteiger partial charge in [-0.2, -0.15) is 13.2 Å². The van der Waals surface area contributed by atoms with Crippen LogP contribution >= 0.6 is 0 Å². The number of hydrogen-bond acceptors (Lipinski definition) is 3. The zero-order valence-corrected chi connectivity index (χ0v) is 11.3. The predicted octanol–water partition coefficient (Wildman–Crippen LogP) is 4.27. The first kappa shape index (κ1) is 15.7. The van der Waals surface area contributed by atoms with E-state index in [1.54, 1.807) is 0 Å². The molecule has 1 aromatic rings. The predicted molar refractivity (Wildman–Crippen MR) is 68.9 cm³/mol. The van der Waals surface area contributed by atoms with Gasteiger partial charge in [-0.15, -0.1) is 10.2 Å². The third-order valence-electron chi connectivity index (χ3n) is 2.85. The van der Waals surface area contributed by atoms with E-state index >= 15 is 0 Å². The van der Waals surface area contributed by atoms with Crippen molar-refractivity contribution in [3.05, 3.63) is 17.8 Å². The summed E-state index contributed by atoms with van der Waals surface area (Å²) in [5.74, 6) is 0.405. The molecule has 3 nitrogen and oxygen atoms in total. The molecule has 1 aromatic heterocycles. The number of alkyl halides is 3. The lowest BCUT2D eigenvalue weighted by Gasteiger charge is -2.18. The molecule has 0 aliphatic rings. The zero-order valence-electron chi connectivity index (χ0n) is 11.3. The molecule has 108 valence electrons. The maximum Gasteiger partial charge on any atom is 0.435 e. The molecule has 0 fully saturated rings. The molecule has 1 atom stereocenters. The van der Waals surface area contributed by atoms with E-state index in [0.717, 1.165) is 38.2 Å². The van der Waals surface area contributed by atoms with Crippen molar-refractivity contribution in [2.45, 2.75) is 58.2 Å². The fourth-order valence-electron chi connectivity index (χ4n) is 1.86. The molecule has 0 aromatic carbocycles. The molecule has 19 heavy (non-hydrogen) atoms. The highest BCUT2D eigenvalue weighted by Gasteiger charge is 2.32. The molecule has 1 heterocycles. The van der Waals surface area contributed by atoms with Crippen molar-refractivity contribution >= 4 is 5.82 Å². The molecule has 0 aliphatic carbocycles. The number of hydrogen-bond donors (Lipinski definition) is 1. The van der Waals surface area contributed by atoms with Crippen molar-refractivity contribution < 1.29 is 13.2 Å². The van der Waals surface area contributed by atoms with E-state index in [2.05, 4.69) is 29.4 Å². The number of halogens is 3. The topological polar surface area (TPSA) is 37.8 Å². The van der Waals surface area contributed by atoms with Gasteiger partial charge in [0.05, 0.1) is 0 Å². The normalized spacial score (nSPS) is 13.3. The minimum absolute atomic E-state index is 0.246. The Bertz CT molecular complexity index is 362. The van der Waals surface area contributed by atoms with Crippen molar-refractivity contribution in [1.82, 2.24) is 10.2 Å². The van der Waals surface area contributed by atoms with Gasteiger partial charge < -0.3 is 5.32 Å². The smallest absolute Gasteiger partial charge is 0.366 e. The van der Waals surface area contributed by atoms with Crippen molar-refractivity contribution in [2.75, 3.05) is 5.32 Å². The third kappa shape index (κ3) is 5.44. The SMILES string of the molecule is CCCCC(CCC)Nc1ccc(C(F)(F)F)nn1. The molecule has 0 saturated heterocycles. The van der Waals surface area contributed by atoms with Gasteiger partial charge in [0.25, 0.3) is 0 Å². The Morgan fingerprint density at radius 1 is 1.11 bits per heavy atom. The summed E-state index contributed by atoms with van der Waals surface area (Å²) in [4.78, 5) is 0. The maximum absolute atomic E-state index is 12.3. The number of aromatic nitrogens is 2. The highest BCUT2D eigenvalue weighted by Crippen LogP contribution is 2.27. The van der Waals surface area contributed by atoms with Gasteiger partial charge in [-0.3, -0.25) is 0 Å². The summed E-state index contributed by atoms with van der Waals surface area (Å²) in [5.41, 5.74) is -0.960. The van der Waals surface area contributed by atoms with Crippen LogP contribution in [0.4, 0.5) is 19.0 Å². The van der Waals surface area contributed by atoms with E-state index in [1.165, 1.54) is 6.07 Å². The average Bonchev–Trinajstić information content (AvgIpc) is 2.36. The molecule has 1 unspecified atom stereocenters. The van der Waals surface area contributed by atoms with Crippen LogP contribution in [0.25, 0.3) is 0 Å². The Kier molecular flexibility index (Phi) is 6.05. The van der Waals surface area contributed by atoms with Gasteiger partial charge >= 0.3 is 6.18 Å². The minimum atomic E-state index is -4.43. The number of nitrogens with zero attached hydrogens (tertiary/aromatic N) is 2. The van der Waals surface area contributed by atoms with Crippen molar-refractivity contribution in [3.8, 4) is 0 Å². The summed E-state index contributed by atoms with van der Waals surface area (Å²) < 4.78 is 37.0. The molecule has 0 aliphatic heterocycles. The summed E-state index contributed by atoms with van der Waals surface area (Å²) in [5, 5.41) is 9.95. The first-order valence-electron chi connectivity index (χ1n) is 6.64. The number of nitrogens with one attached hydrogen (secondary N) is 1. The highest BCUT2D eigenvalue weighted by atomic mass is 19.4. The quantitative estimate of drug-likeness (QED) is 0.807. The second-order valence-electron chi connectivity index (χ2n) is 4.57. The molecule has 1 rings (SSSR count). The standard InChI is InChI=1S/C13H20F3N3/c1-3-5-7-10(6-4-2)17-12-9-8-11(18-19-12)13(14,15)16/h8-10H,3-7H2,1-2H3,(H,17,19). The molecule has 0 spiro atoms. The van der Waals surface area contributed by atoms with Gasteiger partial charge in [0.1, 0.15) is 5.82 Å². The molecule has 6 heteroatoms. The van der Waals surface area contributed by atoms with E-state index in [1.807, 2.05) is 0 Å². The zero-order chi connectivity index (χ0) is 14.3. The van der Waals surface area contributed by atoms with Crippen LogP contribution in [-0.2, 0) is 6.18 Å². The van der Waals surface area contributed by atoms with Crippen LogP contribution in [-0.4, -0.2) is 16.2 Å². The summed E-state index contributed by atoms with van der Waals surface area (Å²) >= 11 is 0.